The van der Waals surface area contributed by atoms with Crippen LogP contribution in [0.4, 0.5) is 5.69 Å². The number of para-hydroxylation sites is 2. The highest BCUT2D eigenvalue weighted by Gasteiger charge is 2.23. The zero-order chi connectivity index (χ0) is 19.6. The Hall–Kier alpha value is -2.53. The number of nitrogens with zero attached hydrogens (tertiary/aromatic N) is 2. The van der Waals surface area contributed by atoms with E-state index in [0.717, 1.165) is 44.8 Å². The smallest absolute Gasteiger partial charge is 0.234 e. The van der Waals surface area contributed by atoms with Crippen LogP contribution in [-0.4, -0.2) is 57.2 Å². The summed E-state index contributed by atoms with van der Waals surface area (Å²) < 4.78 is 5.69. The second kappa shape index (κ2) is 10.7. The predicted octanol–water partition coefficient (Wildman–Crippen LogP) is 3.03. The summed E-state index contributed by atoms with van der Waals surface area (Å²) >= 11 is 0. The zero-order valence-corrected chi connectivity index (χ0v) is 16.7. The lowest BCUT2D eigenvalue weighted by atomic mass is 10.1. The summed E-state index contributed by atoms with van der Waals surface area (Å²) in [6.45, 7) is 4.76. The van der Waals surface area contributed by atoms with E-state index in [1.54, 1.807) is 0 Å². The van der Waals surface area contributed by atoms with Gasteiger partial charge in [-0.3, -0.25) is 9.69 Å². The maximum Gasteiger partial charge on any atom is 0.234 e. The van der Waals surface area contributed by atoms with E-state index in [0.29, 0.717) is 19.1 Å². The zero-order valence-electron chi connectivity index (χ0n) is 16.7. The summed E-state index contributed by atoms with van der Waals surface area (Å²) in [6, 6.07) is 20.3. The Kier molecular flexibility index (Phi) is 7.73. The molecule has 0 aliphatic carbocycles. The number of carbonyl (C=O) groups is 1. The third kappa shape index (κ3) is 6.57. The molecule has 5 nitrogen and oxygen atoms in total. The Balaban J connectivity index is 1.27. The number of ether oxygens (including phenoxy) is 1. The van der Waals surface area contributed by atoms with Crippen LogP contribution < -0.4 is 15.0 Å². The van der Waals surface area contributed by atoms with Crippen molar-refractivity contribution >= 4 is 11.6 Å². The summed E-state index contributed by atoms with van der Waals surface area (Å²) in [5.41, 5.74) is 1.27. The first kappa shape index (κ1) is 20.2. The molecule has 2 aromatic rings. The molecule has 28 heavy (non-hydrogen) atoms. The average Bonchev–Trinajstić information content (AvgIpc) is 3.20. The number of nitrogens with one attached hydrogen (secondary N) is 1. The second-order valence-corrected chi connectivity index (χ2v) is 7.49. The van der Waals surface area contributed by atoms with Crippen molar-refractivity contribution in [3.63, 3.8) is 0 Å². The first-order valence-electron chi connectivity index (χ1n) is 10.1. The highest BCUT2D eigenvalue weighted by molar-refractivity contribution is 5.78. The average molecular weight is 382 g/mol. The fourth-order valence-electron chi connectivity index (χ4n) is 3.55. The minimum atomic E-state index is 0.102. The summed E-state index contributed by atoms with van der Waals surface area (Å²) in [6.07, 6.45) is 2.02. The molecule has 1 fully saturated rings. The minimum Gasteiger partial charge on any atom is -0.494 e. The van der Waals surface area contributed by atoms with Gasteiger partial charge >= 0.3 is 0 Å². The van der Waals surface area contributed by atoms with Gasteiger partial charge < -0.3 is 15.0 Å². The number of anilines is 1. The van der Waals surface area contributed by atoms with E-state index >= 15 is 0 Å². The molecule has 150 valence electrons. The van der Waals surface area contributed by atoms with Crippen LogP contribution in [0.5, 0.6) is 5.75 Å². The number of rotatable bonds is 10. The van der Waals surface area contributed by atoms with Crippen molar-refractivity contribution in [3.05, 3.63) is 60.7 Å². The molecule has 1 aliphatic heterocycles. The third-order valence-corrected chi connectivity index (χ3v) is 5.10. The quantitative estimate of drug-likeness (QED) is 0.643. The van der Waals surface area contributed by atoms with Crippen molar-refractivity contribution in [3.8, 4) is 5.75 Å². The molecule has 3 rings (SSSR count). The highest BCUT2D eigenvalue weighted by atomic mass is 16.5. The highest BCUT2D eigenvalue weighted by Crippen LogP contribution is 2.22. The molecule has 0 aromatic heterocycles. The molecule has 1 unspecified atom stereocenters. The molecule has 0 saturated carbocycles. The van der Waals surface area contributed by atoms with E-state index in [4.69, 9.17) is 4.74 Å². The number of amides is 1. The van der Waals surface area contributed by atoms with Crippen LogP contribution in [-0.2, 0) is 4.79 Å². The van der Waals surface area contributed by atoms with Crippen molar-refractivity contribution in [2.24, 2.45) is 5.92 Å². The van der Waals surface area contributed by atoms with E-state index in [1.807, 2.05) is 43.4 Å². The minimum absolute atomic E-state index is 0.102. The topological polar surface area (TPSA) is 44.8 Å². The number of likely N-dealkylation sites (N-methyl/N-ethyl adjacent to an activating group) is 1. The predicted molar refractivity (Wildman–Crippen MR) is 114 cm³/mol. The number of hydrogen-bond acceptors (Lipinski definition) is 4. The number of hydrogen-bond donors (Lipinski definition) is 1. The fourth-order valence-corrected chi connectivity index (χ4v) is 3.55. The molecule has 1 aliphatic rings. The molecule has 0 bridgehead atoms. The maximum absolute atomic E-state index is 12.2. The molecule has 1 atom stereocenters. The van der Waals surface area contributed by atoms with Crippen LogP contribution in [0, 0.1) is 5.92 Å². The molecular weight excluding hydrogens is 350 g/mol. The Morgan fingerprint density at radius 2 is 1.86 bits per heavy atom. The van der Waals surface area contributed by atoms with E-state index in [2.05, 4.69) is 39.4 Å². The SMILES string of the molecule is CN(CCCOc1ccccc1)CC(=O)NCC1CCN(c2ccccc2)C1. The van der Waals surface area contributed by atoms with E-state index < -0.39 is 0 Å². The number of benzene rings is 2. The molecule has 0 spiro atoms. The van der Waals surface area contributed by atoms with Crippen LogP contribution in [0.3, 0.4) is 0 Å². The van der Waals surface area contributed by atoms with Crippen LogP contribution in [0.15, 0.2) is 60.7 Å². The lowest BCUT2D eigenvalue weighted by Crippen LogP contribution is -2.38. The normalized spacial score (nSPS) is 16.4. The van der Waals surface area contributed by atoms with Crippen LogP contribution in [0.25, 0.3) is 0 Å². The third-order valence-electron chi connectivity index (χ3n) is 5.10. The van der Waals surface area contributed by atoms with Crippen molar-refractivity contribution < 1.29 is 9.53 Å². The molecule has 2 aromatic carbocycles. The van der Waals surface area contributed by atoms with Crippen molar-refractivity contribution in [2.75, 3.05) is 51.3 Å². The summed E-state index contributed by atoms with van der Waals surface area (Å²) in [4.78, 5) is 16.7. The molecular formula is C23H31N3O2. The Morgan fingerprint density at radius 1 is 1.14 bits per heavy atom. The van der Waals surface area contributed by atoms with E-state index in [-0.39, 0.29) is 5.91 Å². The number of carbonyl (C=O) groups excluding carboxylic acids is 1. The Bertz CT molecular complexity index is 708. The molecule has 1 heterocycles. The summed E-state index contributed by atoms with van der Waals surface area (Å²) in [5, 5.41) is 3.11. The van der Waals surface area contributed by atoms with E-state index in [9.17, 15) is 4.79 Å². The molecule has 1 saturated heterocycles. The van der Waals surface area contributed by atoms with Gasteiger partial charge in [-0.05, 0) is 50.1 Å². The largest absolute Gasteiger partial charge is 0.494 e. The van der Waals surface area contributed by atoms with Crippen LogP contribution in [0.2, 0.25) is 0 Å². The molecule has 1 N–H and O–H groups in total. The maximum atomic E-state index is 12.2. The first-order valence-corrected chi connectivity index (χ1v) is 10.1. The van der Waals surface area contributed by atoms with Crippen LogP contribution >= 0.6 is 0 Å². The van der Waals surface area contributed by atoms with Gasteiger partial charge in [0.05, 0.1) is 13.2 Å². The van der Waals surface area contributed by atoms with Gasteiger partial charge in [0.25, 0.3) is 0 Å². The van der Waals surface area contributed by atoms with Crippen molar-refractivity contribution in [1.29, 1.82) is 0 Å². The van der Waals surface area contributed by atoms with Gasteiger partial charge in [-0.1, -0.05) is 36.4 Å². The first-order chi connectivity index (χ1) is 13.7. The van der Waals surface area contributed by atoms with Gasteiger partial charge in [-0.2, -0.15) is 0 Å². The summed E-state index contributed by atoms with van der Waals surface area (Å²) in [7, 11) is 1.98. The van der Waals surface area contributed by atoms with Gasteiger partial charge in [0.15, 0.2) is 0 Å². The van der Waals surface area contributed by atoms with Crippen molar-refractivity contribution in [1.82, 2.24) is 10.2 Å². The van der Waals surface area contributed by atoms with Gasteiger partial charge in [-0.15, -0.1) is 0 Å². The van der Waals surface area contributed by atoms with Crippen LogP contribution in [0.1, 0.15) is 12.8 Å². The van der Waals surface area contributed by atoms with Gasteiger partial charge in [0.2, 0.25) is 5.91 Å². The lowest BCUT2D eigenvalue weighted by molar-refractivity contribution is -0.122. The van der Waals surface area contributed by atoms with Gasteiger partial charge in [0.1, 0.15) is 5.75 Å². The summed E-state index contributed by atoms with van der Waals surface area (Å²) in [5.74, 6) is 1.52. The molecule has 1 amide bonds. The van der Waals surface area contributed by atoms with Gasteiger partial charge in [-0.25, -0.2) is 0 Å². The standard InChI is InChI=1S/C23H31N3O2/c1-25(14-8-16-28-22-11-6-3-7-12-22)19-23(27)24-17-20-13-15-26(18-20)21-9-4-2-5-10-21/h2-7,9-12,20H,8,13-19H2,1H3,(H,24,27). The monoisotopic (exact) mass is 381 g/mol. The Labute approximate surface area is 168 Å². The van der Waals surface area contributed by atoms with Crippen molar-refractivity contribution in [2.45, 2.75) is 12.8 Å². The second-order valence-electron chi connectivity index (χ2n) is 7.49. The Morgan fingerprint density at radius 3 is 2.61 bits per heavy atom. The fraction of sp³-hybridized carbons (Fsp3) is 0.435. The van der Waals surface area contributed by atoms with E-state index in [1.165, 1.54) is 5.69 Å². The van der Waals surface area contributed by atoms with Gasteiger partial charge in [0, 0.05) is 31.9 Å². The molecule has 0 radical (unpaired) electrons. The molecule has 5 heteroatoms. The lowest BCUT2D eigenvalue weighted by Gasteiger charge is -2.19.